The van der Waals surface area contributed by atoms with E-state index < -0.39 is 0 Å². The summed E-state index contributed by atoms with van der Waals surface area (Å²) in [6.07, 6.45) is 2.36. The van der Waals surface area contributed by atoms with Gasteiger partial charge in [0.05, 0.1) is 6.61 Å². The van der Waals surface area contributed by atoms with Crippen molar-refractivity contribution in [2.24, 2.45) is 0 Å². The molecule has 1 aromatic heterocycles. The highest BCUT2D eigenvalue weighted by Crippen LogP contribution is 2.24. The number of hydrogen-bond acceptors (Lipinski definition) is 5. The van der Waals surface area contributed by atoms with Gasteiger partial charge in [-0.2, -0.15) is 0 Å². The first-order valence-corrected chi connectivity index (χ1v) is 11.3. The summed E-state index contributed by atoms with van der Waals surface area (Å²) < 4.78 is 5.50. The van der Waals surface area contributed by atoms with E-state index in [0.29, 0.717) is 25.3 Å². The summed E-state index contributed by atoms with van der Waals surface area (Å²) in [5.74, 6) is 0.495. The van der Waals surface area contributed by atoms with E-state index in [1.54, 1.807) is 35.6 Å². The van der Waals surface area contributed by atoms with E-state index in [2.05, 4.69) is 16.8 Å². The van der Waals surface area contributed by atoms with Crippen LogP contribution in [0.15, 0.2) is 35.7 Å². The molecule has 3 rings (SSSR count). The van der Waals surface area contributed by atoms with Gasteiger partial charge in [-0.05, 0) is 54.1 Å². The molecule has 1 aromatic carbocycles. The fourth-order valence-electron chi connectivity index (χ4n) is 3.35. The Bertz CT molecular complexity index is 876. The van der Waals surface area contributed by atoms with Gasteiger partial charge >= 0.3 is 0 Å². The number of ketones is 1. The Hall–Kier alpha value is -2.67. The molecule has 1 aliphatic heterocycles. The average molecular weight is 429 g/mol. The zero-order valence-electron chi connectivity index (χ0n) is 17.3. The third kappa shape index (κ3) is 6.16. The van der Waals surface area contributed by atoms with E-state index in [1.807, 2.05) is 11.8 Å². The first-order valence-electron chi connectivity index (χ1n) is 10.4. The van der Waals surface area contributed by atoms with Gasteiger partial charge in [0.25, 0.3) is 0 Å². The highest BCUT2D eigenvalue weighted by molar-refractivity contribution is 7.10. The highest BCUT2D eigenvalue weighted by atomic mass is 32.1. The molecule has 2 aromatic rings. The van der Waals surface area contributed by atoms with Crippen molar-refractivity contribution in [1.82, 2.24) is 10.2 Å². The van der Waals surface area contributed by atoms with Crippen LogP contribution in [0.1, 0.15) is 53.4 Å². The van der Waals surface area contributed by atoms with Crippen LogP contribution in [0.4, 0.5) is 0 Å². The van der Waals surface area contributed by atoms with Crippen molar-refractivity contribution in [2.75, 3.05) is 19.7 Å². The number of carbonyl (C=O) groups excluding carboxylic acids is 3. The molecule has 0 unspecified atom stereocenters. The third-order valence-electron chi connectivity index (χ3n) is 5.05. The predicted octanol–water partition coefficient (Wildman–Crippen LogP) is 3.59. The number of thiophene rings is 1. The quantitative estimate of drug-likeness (QED) is 0.587. The summed E-state index contributed by atoms with van der Waals surface area (Å²) in [7, 11) is 0. The van der Waals surface area contributed by atoms with Crippen molar-refractivity contribution in [3.8, 4) is 5.75 Å². The summed E-state index contributed by atoms with van der Waals surface area (Å²) in [5, 5.41) is 4.81. The molecule has 7 heteroatoms. The molecule has 0 bridgehead atoms. The van der Waals surface area contributed by atoms with Crippen molar-refractivity contribution >= 4 is 28.9 Å². The predicted molar refractivity (Wildman–Crippen MR) is 117 cm³/mol. The smallest absolute Gasteiger partial charge is 0.224 e. The molecule has 160 valence electrons. The molecule has 6 nitrogen and oxygen atoms in total. The van der Waals surface area contributed by atoms with Gasteiger partial charge in [0, 0.05) is 49.3 Å². The number of ether oxygens (including phenoxy) is 1. The fraction of sp³-hybridized carbons (Fsp3) is 0.435. The van der Waals surface area contributed by atoms with Crippen molar-refractivity contribution in [2.45, 2.75) is 45.6 Å². The lowest BCUT2D eigenvalue weighted by Gasteiger charge is -2.27. The molecular weight excluding hydrogens is 400 g/mol. The molecule has 0 saturated carbocycles. The second-order valence-electron chi connectivity index (χ2n) is 7.33. The molecule has 2 amide bonds. The summed E-state index contributed by atoms with van der Waals surface area (Å²) in [6, 6.07) is 9.06. The van der Waals surface area contributed by atoms with Gasteiger partial charge in [0.1, 0.15) is 5.75 Å². The van der Waals surface area contributed by atoms with E-state index >= 15 is 0 Å². The van der Waals surface area contributed by atoms with E-state index in [-0.39, 0.29) is 36.9 Å². The summed E-state index contributed by atoms with van der Waals surface area (Å²) in [4.78, 5) is 39.9. The molecular formula is C23H28N2O4S. The lowest BCUT2D eigenvalue weighted by atomic mass is 10.1. The Kier molecular flexibility index (Phi) is 8.02. The number of rotatable bonds is 10. The van der Waals surface area contributed by atoms with Gasteiger partial charge in [-0.25, -0.2) is 0 Å². The largest absolute Gasteiger partial charge is 0.494 e. The Balaban J connectivity index is 1.33. The average Bonchev–Trinajstić information content (AvgIpc) is 3.24. The molecule has 0 spiro atoms. The van der Waals surface area contributed by atoms with Gasteiger partial charge in [-0.3, -0.25) is 14.4 Å². The van der Waals surface area contributed by atoms with E-state index in [4.69, 9.17) is 4.74 Å². The van der Waals surface area contributed by atoms with Crippen LogP contribution in [-0.4, -0.2) is 42.2 Å². The highest BCUT2D eigenvalue weighted by Gasteiger charge is 2.21. The maximum Gasteiger partial charge on any atom is 0.224 e. The lowest BCUT2D eigenvalue weighted by molar-refractivity contribution is -0.132. The van der Waals surface area contributed by atoms with E-state index in [1.165, 1.54) is 10.4 Å². The van der Waals surface area contributed by atoms with Crippen molar-refractivity contribution in [3.05, 3.63) is 51.7 Å². The summed E-state index contributed by atoms with van der Waals surface area (Å²) in [5.41, 5.74) is 1.80. The van der Waals surface area contributed by atoms with Crippen LogP contribution in [-0.2, 0) is 22.6 Å². The molecule has 0 atom stereocenters. The van der Waals surface area contributed by atoms with Crippen LogP contribution >= 0.6 is 11.3 Å². The zero-order chi connectivity index (χ0) is 21.3. The minimum atomic E-state index is -0.210. The molecule has 1 aliphatic rings. The van der Waals surface area contributed by atoms with Gasteiger partial charge in [-0.15, -0.1) is 11.3 Å². The minimum absolute atomic E-state index is 0.0496. The number of nitrogens with zero attached hydrogens (tertiary/aromatic N) is 1. The maximum absolute atomic E-state index is 12.4. The van der Waals surface area contributed by atoms with Crippen LogP contribution in [0.5, 0.6) is 5.75 Å². The Morgan fingerprint density at radius 3 is 2.67 bits per heavy atom. The topological polar surface area (TPSA) is 75.7 Å². The molecule has 30 heavy (non-hydrogen) atoms. The second kappa shape index (κ2) is 10.9. The first kappa shape index (κ1) is 22.0. The van der Waals surface area contributed by atoms with Crippen LogP contribution in [0.3, 0.4) is 0 Å². The van der Waals surface area contributed by atoms with Gasteiger partial charge < -0.3 is 15.0 Å². The lowest BCUT2D eigenvalue weighted by Crippen LogP contribution is -2.37. The number of benzene rings is 1. The SMILES string of the molecule is CCCOc1ccc(C(=O)CCC(=O)NCCC(=O)N2CCc3sccc3C2)cc1. The van der Waals surface area contributed by atoms with Crippen LogP contribution in [0.2, 0.25) is 0 Å². The van der Waals surface area contributed by atoms with Gasteiger partial charge in [-0.1, -0.05) is 6.92 Å². The molecule has 1 N–H and O–H groups in total. The zero-order valence-corrected chi connectivity index (χ0v) is 18.1. The van der Waals surface area contributed by atoms with Crippen molar-refractivity contribution in [1.29, 1.82) is 0 Å². The van der Waals surface area contributed by atoms with Crippen LogP contribution in [0.25, 0.3) is 0 Å². The van der Waals surface area contributed by atoms with Crippen molar-refractivity contribution in [3.63, 3.8) is 0 Å². The van der Waals surface area contributed by atoms with E-state index in [9.17, 15) is 14.4 Å². The molecule has 0 fully saturated rings. The number of nitrogens with one attached hydrogen (secondary N) is 1. The maximum atomic E-state index is 12.4. The standard InChI is InChI=1S/C23H28N2O4S/c1-2-14-29-19-5-3-17(4-6-19)20(26)7-8-22(27)24-12-9-23(28)25-13-10-21-18(16-25)11-15-30-21/h3-6,11,15H,2,7-10,12-14,16H2,1H3,(H,24,27). The molecule has 0 aliphatic carbocycles. The van der Waals surface area contributed by atoms with Gasteiger partial charge in [0.2, 0.25) is 11.8 Å². The Morgan fingerprint density at radius 1 is 1.10 bits per heavy atom. The molecule has 0 saturated heterocycles. The third-order valence-corrected chi connectivity index (χ3v) is 6.07. The number of amides is 2. The minimum Gasteiger partial charge on any atom is -0.494 e. The molecule has 2 heterocycles. The van der Waals surface area contributed by atoms with Crippen LogP contribution < -0.4 is 10.1 Å². The number of carbonyl (C=O) groups is 3. The first-order chi connectivity index (χ1) is 14.6. The number of Topliss-reactive ketones (excluding diaryl/α,β-unsaturated/α-hetero) is 1. The van der Waals surface area contributed by atoms with Crippen LogP contribution in [0, 0.1) is 0 Å². The monoisotopic (exact) mass is 428 g/mol. The normalized spacial score (nSPS) is 12.9. The van der Waals surface area contributed by atoms with Crippen molar-refractivity contribution < 1.29 is 19.1 Å². The molecule has 0 radical (unpaired) electrons. The Morgan fingerprint density at radius 2 is 1.90 bits per heavy atom. The number of fused-ring (bicyclic) bond motifs is 1. The van der Waals surface area contributed by atoms with E-state index in [0.717, 1.165) is 25.1 Å². The number of hydrogen-bond donors (Lipinski definition) is 1. The summed E-state index contributed by atoms with van der Waals surface area (Å²) >= 11 is 1.74. The second-order valence-corrected chi connectivity index (χ2v) is 8.33. The fourth-order valence-corrected chi connectivity index (χ4v) is 4.23. The Labute approximate surface area is 181 Å². The van der Waals surface area contributed by atoms with Gasteiger partial charge in [0.15, 0.2) is 5.78 Å². The summed E-state index contributed by atoms with van der Waals surface area (Å²) in [6.45, 7) is 4.36.